The maximum absolute atomic E-state index is 12.1. The summed E-state index contributed by atoms with van der Waals surface area (Å²) in [6, 6.07) is 18.7. The molecule has 19 heavy (non-hydrogen) atoms. The van der Waals surface area contributed by atoms with E-state index in [0.29, 0.717) is 0 Å². The number of ether oxygens (including phenoxy) is 1. The molecule has 3 heteroatoms. The van der Waals surface area contributed by atoms with Gasteiger partial charge in [0.2, 0.25) is 0 Å². The van der Waals surface area contributed by atoms with Crippen molar-refractivity contribution in [1.29, 1.82) is 0 Å². The number of rotatable bonds is 5. The van der Waals surface area contributed by atoms with Crippen LogP contribution in [0.3, 0.4) is 0 Å². The van der Waals surface area contributed by atoms with Crippen LogP contribution in [0.2, 0.25) is 0 Å². The van der Waals surface area contributed by atoms with Gasteiger partial charge >= 0.3 is 5.97 Å². The Morgan fingerprint density at radius 3 is 1.84 bits per heavy atom. The Kier molecular flexibility index (Phi) is 4.67. The van der Waals surface area contributed by atoms with Crippen molar-refractivity contribution in [1.82, 2.24) is 0 Å². The molecule has 0 atom stereocenters. The molecule has 0 amide bonds. The van der Waals surface area contributed by atoms with Crippen LogP contribution in [-0.4, -0.2) is 19.3 Å². The third-order valence-electron chi connectivity index (χ3n) is 2.82. The van der Waals surface area contributed by atoms with Crippen LogP contribution in [-0.2, 0) is 9.53 Å². The van der Waals surface area contributed by atoms with Gasteiger partial charge in [0.15, 0.2) is 0 Å². The van der Waals surface area contributed by atoms with Crippen molar-refractivity contribution < 1.29 is 13.9 Å². The van der Waals surface area contributed by atoms with Gasteiger partial charge in [0, 0.05) is 0 Å². The average Bonchev–Trinajstić information content (AvgIpc) is 2.47. The molecule has 0 aliphatic rings. The smallest absolute Gasteiger partial charge is 0.318 e. The summed E-state index contributed by atoms with van der Waals surface area (Å²) in [5.74, 6) is -0.927. The maximum atomic E-state index is 12.1. The van der Waals surface area contributed by atoms with Crippen molar-refractivity contribution in [3.8, 4) is 0 Å². The summed E-state index contributed by atoms with van der Waals surface area (Å²) in [5.41, 5.74) is 1.69. The SMILES string of the molecule is O=C(OCCF)C(c1ccccc1)c1ccccc1. The average molecular weight is 258 g/mol. The Balaban J connectivity index is 2.31. The van der Waals surface area contributed by atoms with Crippen LogP contribution in [0.15, 0.2) is 60.7 Å². The number of alkyl halides is 1. The number of halogens is 1. The second-order valence-electron chi connectivity index (χ2n) is 4.11. The molecule has 0 unspecified atom stereocenters. The molecule has 2 rings (SSSR count). The summed E-state index contributed by atoms with van der Waals surface area (Å²) in [7, 11) is 0. The summed E-state index contributed by atoms with van der Waals surface area (Å²) in [6.07, 6.45) is 0. The molecule has 0 bridgehead atoms. The van der Waals surface area contributed by atoms with Gasteiger partial charge in [0.1, 0.15) is 19.2 Å². The molecule has 98 valence electrons. The standard InChI is InChI=1S/C16H15FO2/c17-11-12-19-16(18)15(13-7-3-1-4-8-13)14-9-5-2-6-10-14/h1-10,15H,11-12H2. The lowest BCUT2D eigenvalue weighted by atomic mass is 9.91. The fourth-order valence-corrected chi connectivity index (χ4v) is 1.98. The van der Waals surface area contributed by atoms with E-state index in [-0.39, 0.29) is 6.61 Å². The minimum absolute atomic E-state index is 0.199. The lowest BCUT2D eigenvalue weighted by Crippen LogP contribution is -2.18. The fourth-order valence-electron chi connectivity index (χ4n) is 1.98. The quantitative estimate of drug-likeness (QED) is 0.769. The van der Waals surface area contributed by atoms with E-state index in [1.165, 1.54) is 0 Å². The van der Waals surface area contributed by atoms with E-state index < -0.39 is 18.6 Å². The molecule has 0 aliphatic carbocycles. The van der Waals surface area contributed by atoms with Gasteiger partial charge < -0.3 is 4.74 Å². The van der Waals surface area contributed by atoms with E-state index in [9.17, 15) is 9.18 Å². The third-order valence-corrected chi connectivity index (χ3v) is 2.82. The largest absolute Gasteiger partial charge is 0.462 e. The zero-order valence-corrected chi connectivity index (χ0v) is 10.5. The Labute approximate surface area is 111 Å². The minimum atomic E-state index is -0.665. The van der Waals surface area contributed by atoms with Crippen molar-refractivity contribution >= 4 is 5.97 Å². The highest BCUT2D eigenvalue weighted by Crippen LogP contribution is 2.25. The molecule has 0 saturated heterocycles. The second kappa shape index (κ2) is 6.69. The molecule has 2 aromatic carbocycles. The molecular formula is C16H15FO2. The van der Waals surface area contributed by atoms with Crippen LogP contribution >= 0.6 is 0 Å². The molecular weight excluding hydrogens is 243 g/mol. The fraction of sp³-hybridized carbons (Fsp3) is 0.188. The van der Waals surface area contributed by atoms with Crippen molar-refractivity contribution in [3.05, 3.63) is 71.8 Å². The van der Waals surface area contributed by atoms with Crippen LogP contribution in [0.4, 0.5) is 4.39 Å². The molecule has 0 saturated carbocycles. The van der Waals surface area contributed by atoms with E-state index in [0.717, 1.165) is 11.1 Å². The first kappa shape index (κ1) is 13.3. The minimum Gasteiger partial charge on any atom is -0.462 e. The predicted octanol–water partition coefficient (Wildman–Crippen LogP) is 3.33. The van der Waals surface area contributed by atoms with Crippen LogP contribution in [0, 0.1) is 0 Å². The molecule has 0 heterocycles. The molecule has 0 radical (unpaired) electrons. The zero-order valence-electron chi connectivity index (χ0n) is 10.5. The highest BCUT2D eigenvalue weighted by molar-refractivity contribution is 5.82. The van der Waals surface area contributed by atoms with E-state index in [4.69, 9.17) is 4.74 Å². The molecule has 0 aromatic heterocycles. The monoisotopic (exact) mass is 258 g/mol. The third kappa shape index (κ3) is 3.41. The van der Waals surface area contributed by atoms with Gasteiger partial charge in [0.05, 0.1) is 0 Å². The van der Waals surface area contributed by atoms with Crippen molar-refractivity contribution in [3.63, 3.8) is 0 Å². The first-order valence-electron chi connectivity index (χ1n) is 6.15. The molecule has 0 N–H and O–H groups in total. The number of esters is 1. The summed E-state index contributed by atoms with van der Waals surface area (Å²) in [4.78, 5) is 12.1. The van der Waals surface area contributed by atoms with E-state index >= 15 is 0 Å². The number of carbonyl (C=O) groups excluding carboxylic acids is 1. The highest BCUT2D eigenvalue weighted by Gasteiger charge is 2.23. The van der Waals surface area contributed by atoms with Gasteiger partial charge in [0.25, 0.3) is 0 Å². The molecule has 2 nitrogen and oxygen atoms in total. The summed E-state index contributed by atoms with van der Waals surface area (Å²) < 4.78 is 17.1. The number of carbonyl (C=O) groups is 1. The maximum Gasteiger partial charge on any atom is 0.318 e. The second-order valence-corrected chi connectivity index (χ2v) is 4.11. The summed E-state index contributed by atoms with van der Waals surface area (Å²) in [5, 5.41) is 0. The molecule has 0 aliphatic heterocycles. The van der Waals surface area contributed by atoms with E-state index in [1.54, 1.807) is 0 Å². The van der Waals surface area contributed by atoms with Gasteiger partial charge in [-0.3, -0.25) is 4.79 Å². The van der Waals surface area contributed by atoms with Crippen LogP contribution in [0.25, 0.3) is 0 Å². The van der Waals surface area contributed by atoms with Gasteiger partial charge in [-0.15, -0.1) is 0 Å². The Morgan fingerprint density at radius 2 is 1.42 bits per heavy atom. The number of hydrogen-bond donors (Lipinski definition) is 0. The normalized spacial score (nSPS) is 10.4. The van der Waals surface area contributed by atoms with Gasteiger partial charge in [-0.25, -0.2) is 4.39 Å². The Bertz CT molecular complexity index is 471. The van der Waals surface area contributed by atoms with E-state index in [1.807, 2.05) is 60.7 Å². The van der Waals surface area contributed by atoms with Crippen molar-refractivity contribution in [2.24, 2.45) is 0 Å². The van der Waals surface area contributed by atoms with Gasteiger partial charge in [-0.2, -0.15) is 0 Å². The highest BCUT2D eigenvalue weighted by atomic mass is 19.1. The summed E-state index contributed by atoms with van der Waals surface area (Å²) >= 11 is 0. The van der Waals surface area contributed by atoms with Crippen LogP contribution in [0.1, 0.15) is 17.0 Å². The first-order valence-corrected chi connectivity index (χ1v) is 6.15. The Morgan fingerprint density at radius 1 is 0.947 bits per heavy atom. The number of hydrogen-bond acceptors (Lipinski definition) is 2. The first-order chi connectivity index (χ1) is 9.33. The van der Waals surface area contributed by atoms with Crippen LogP contribution < -0.4 is 0 Å². The Hall–Kier alpha value is -2.16. The lowest BCUT2D eigenvalue weighted by Gasteiger charge is -2.16. The lowest BCUT2D eigenvalue weighted by molar-refractivity contribution is -0.144. The topological polar surface area (TPSA) is 26.3 Å². The molecule has 0 spiro atoms. The molecule has 0 fully saturated rings. The van der Waals surface area contributed by atoms with Crippen LogP contribution in [0.5, 0.6) is 0 Å². The number of benzene rings is 2. The zero-order chi connectivity index (χ0) is 13.5. The van der Waals surface area contributed by atoms with Crippen molar-refractivity contribution in [2.75, 3.05) is 13.3 Å². The molecule has 2 aromatic rings. The van der Waals surface area contributed by atoms with E-state index in [2.05, 4.69) is 0 Å². The summed E-state index contributed by atoms with van der Waals surface area (Å²) in [6.45, 7) is -0.864. The van der Waals surface area contributed by atoms with Gasteiger partial charge in [-0.1, -0.05) is 60.7 Å². The predicted molar refractivity (Wildman–Crippen MR) is 71.7 cm³/mol. The van der Waals surface area contributed by atoms with Crippen molar-refractivity contribution in [2.45, 2.75) is 5.92 Å². The van der Waals surface area contributed by atoms with Gasteiger partial charge in [-0.05, 0) is 11.1 Å².